The van der Waals surface area contributed by atoms with Crippen LogP contribution in [0.5, 0.6) is 0 Å². The van der Waals surface area contributed by atoms with Gasteiger partial charge in [-0.05, 0) is 18.2 Å². The zero-order valence-corrected chi connectivity index (χ0v) is 13.4. The van der Waals surface area contributed by atoms with E-state index in [0.29, 0.717) is 19.8 Å². The molecule has 2 aromatic carbocycles. The predicted molar refractivity (Wildman–Crippen MR) is 83.7 cm³/mol. The molecule has 2 aromatic rings. The molecule has 0 amide bonds. The van der Waals surface area contributed by atoms with Crippen molar-refractivity contribution in [2.45, 2.75) is 9.79 Å². The molecule has 0 saturated heterocycles. The highest BCUT2D eigenvalue weighted by Crippen LogP contribution is 2.43. The predicted octanol–water partition coefficient (Wildman–Crippen LogP) is 6.36. The van der Waals surface area contributed by atoms with Gasteiger partial charge in [0, 0.05) is 22.1 Å². The molecular weight excluding hydrogens is 364 g/mol. The van der Waals surface area contributed by atoms with Gasteiger partial charge >= 0.3 is 0 Å². The summed E-state index contributed by atoms with van der Waals surface area (Å²) in [6.45, 7) is 0. The Balaban J connectivity index is 2.41. The van der Waals surface area contributed by atoms with Gasteiger partial charge in [0.2, 0.25) is 0 Å². The molecule has 0 radical (unpaired) electrons. The van der Waals surface area contributed by atoms with Gasteiger partial charge in [-0.1, -0.05) is 58.2 Å². The molecule has 3 nitrogen and oxygen atoms in total. The lowest BCUT2D eigenvalue weighted by Crippen LogP contribution is -1.89. The van der Waals surface area contributed by atoms with Gasteiger partial charge in [-0.15, -0.1) is 0 Å². The molecule has 0 unspecified atom stereocenters. The normalized spacial score (nSPS) is 10.6. The first kappa shape index (κ1) is 15.7. The van der Waals surface area contributed by atoms with Crippen LogP contribution >= 0.6 is 58.2 Å². The molecule has 0 heterocycles. The average molecular weight is 369 g/mol. The van der Waals surface area contributed by atoms with E-state index in [1.54, 1.807) is 18.2 Å². The first-order valence-electron chi connectivity index (χ1n) is 5.15. The fourth-order valence-electron chi connectivity index (χ4n) is 1.42. The van der Waals surface area contributed by atoms with Crippen LogP contribution in [0.15, 0.2) is 40.1 Å². The van der Waals surface area contributed by atoms with E-state index >= 15 is 0 Å². The summed E-state index contributed by atoms with van der Waals surface area (Å²) in [5.74, 6) is 0. The molecule has 0 saturated carbocycles. The van der Waals surface area contributed by atoms with Crippen molar-refractivity contribution in [1.29, 1.82) is 0 Å². The first-order chi connectivity index (χ1) is 9.38. The number of hydrogen-bond acceptors (Lipinski definition) is 3. The van der Waals surface area contributed by atoms with E-state index in [4.69, 9.17) is 46.4 Å². The zero-order valence-electron chi connectivity index (χ0n) is 9.57. The Hall–Kier alpha value is -0.650. The summed E-state index contributed by atoms with van der Waals surface area (Å²) in [5.41, 5.74) is -0.161. The monoisotopic (exact) mass is 367 g/mol. The van der Waals surface area contributed by atoms with Crippen molar-refractivity contribution in [3.05, 3.63) is 60.5 Å². The molecule has 0 N–H and O–H groups in total. The van der Waals surface area contributed by atoms with Gasteiger partial charge in [0.05, 0.1) is 24.9 Å². The summed E-state index contributed by atoms with van der Waals surface area (Å²) >= 11 is 25.2. The first-order valence-corrected chi connectivity index (χ1v) is 7.47. The van der Waals surface area contributed by atoms with Crippen LogP contribution in [0.2, 0.25) is 20.1 Å². The Kier molecular flexibility index (Phi) is 5.04. The fourth-order valence-corrected chi connectivity index (χ4v) is 3.47. The van der Waals surface area contributed by atoms with Gasteiger partial charge in [-0.3, -0.25) is 10.1 Å². The third-order valence-corrected chi connectivity index (χ3v) is 5.00. The van der Waals surface area contributed by atoms with Crippen LogP contribution in [-0.4, -0.2) is 4.92 Å². The maximum atomic E-state index is 10.7. The minimum absolute atomic E-state index is 0.161. The topological polar surface area (TPSA) is 43.1 Å². The van der Waals surface area contributed by atoms with Crippen molar-refractivity contribution < 1.29 is 4.92 Å². The summed E-state index contributed by atoms with van der Waals surface area (Å²) in [6.07, 6.45) is 0. The Morgan fingerprint density at radius 1 is 0.950 bits per heavy atom. The number of benzene rings is 2. The quantitative estimate of drug-likeness (QED) is 0.467. The highest BCUT2D eigenvalue weighted by atomic mass is 35.5. The Labute approximate surface area is 138 Å². The molecule has 8 heteroatoms. The van der Waals surface area contributed by atoms with Gasteiger partial charge in [-0.2, -0.15) is 0 Å². The summed E-state index contributed by atoms with van der Waals surface area (Å²) in [7, 11) is 0. The number of nitrogens with zero attached hydrogens (tertiary/aromatic N) is 1. The molecule has 2 rings (SSSR count). The van der Waals surface area contributed by atoms with Crippen molar-refractivity contribution in [2.75, 3.05) is 0 Å². The van der Waals surface area contributed by atoms with Crippen molar-refractivity contribution in [3.8, 4) is 0 Å². The highest BCUT2D eigenvalue weighted by Gasteiger charge is 2.16. The van der Waals surface area contributed by atoms with Crippen LogP contribution in [0, 0.1) is 10.1 Å². The third kappa shape index (κ3) is 3.51. The number of nitro benzene ring substituents is 1. The zero-order chi connectivity index (χ0) is 14.9. The summed E-state index contributed by atoms with van der Waals surface area (Å²) in [4.78, 5) is 11.4. The molecule has 0 bridgehead atoms. The molecule has 0 spiro atoms. The van der Waals surface area contributed by atoms with E-state index in [0.717, 1.165) is 0 Å². The number of halogens is 4. The van der Waals surface area contributed by atoms with E-state index in [1.165, 1.54) is 23.9 Å². The second kappa shape index (κ2) is 6.41. The van der Waals surface area contributed by atoms with E-state index in [1.807, 2.05) is 0 Å². The number of hydrogen-bond donors (Lipinski definition) is 0. The van der Waals surface area contributed by atoms with Crippen LogP contribution in [0.4, 0.5) is 5.69 Å². The summed E-state index contributed by atoms with van der Waals surface area (Å²) in [5, 5.41) is 12.1. The van der Waals surface area contributed by atoms with E-state index in [2.05, 4.69) is 0 Å². The number of rotatable bonds is 3. The minimum atomic E-state index is -0.554. The smallest absolute Gasteiger partial charge is 0.258 e. The van der Waals surface area contributed by atoms with Crippen LogP contribution in [0.25, 0.3) is 0 Å². The molecule has 20 heavy (non-hydrogen) atoms. The minimum Gasteiger partial charge on any atom is -0.258 e. The maximum Gasteiger partial charge on any atom is 0.272 e. The van der Waals surface area contributed by atoms with Crippen molar-refractivity contribution in [2.24, 2.45) is 0 Å². The van der Waals surface area contributed by atoms with Crippen molar-refractivity contribution in [3.63, 3.8) is 0 Å². The fraction of sp³-hybridized carbons (Fsp3) is 0. The summed E-state index contributed by atoms with van der Waals surface area (Å²) in [6, 6.07) is 7.50. The molecular formula is C12H5Cl4NO2S. The SMILES string of the molecule is O=[N+]([O-])c1cc(Cl)c(Sc2ccc(Cl)cc2Cl)c(Cl)c1. The van der Waals surface area contributed by atoms with Crippen LogP contribution in [0.3, 0.4) is 0 Å². The van der Waals surface area contributed by atoms with E-state index in [9.17, 15) is 10.1 Å². The van der Waals surface area contributed by atoms with Crippen LogP contribution < -0.4 is 0 Å². The van der Waals surface area contributed by atoms with Crippen LogP contribution in [-0.2, 0) is 0 Å². The Morgan fingerprint density at radius 2 is 1.55 bits per heavy atom. The van der Waals surface area contributed by atoms with Gasteiger partial charge in [0.15, 0.2) is 0 Å². The molecule has 0 atom stereocenters. The van der Waals surface area contributed by atoms with E-state index in [-0.39, 0.29) is 15.7 Å². The molecule has 0 aliphatic carbocycles. The van der Waals surface area contributed by atoms with Crippen LogP contribution in [0.1, 0.15) is 0 Å². The maximum absolute atomic E-state index is 10.7. The second-order valence-corrected chi connectivity index (χ2v) is 6.38. The highest BCUT2D eigenvalue weighted by molar-refractivity contribution is 7.99. The Morgan fingerprint density at radius 3 is 2.05 bits per heavy atom. The van der Waals surface area contributed by atoms with Crippen molar-refractivity contribution >= 4 is 63.9 Å². The second-order valence-electron chi connectivity index (χ2n) is 3.67. The number of nitro groups is 1. The lowest BCUT2D eigenvalue weighted by Gasteiger charge is -2.08. The average Bonchev–Trinajstić information content (AvgIpc) is 2.35. The van der Waals surface area contributed by atoms with Gasteiger partial charge < -0.3 is 0 Å². The van der Waals surface area contributed by atoms with Gasteiger partial charge in [0.25, 0.3) is 5.69 Å². The summed E-state index contributed by atoms with van der Waals surface area (Å²) < 4.78 is 0. The molecule has 0 aromatic heterocycles. The van der Waals surface area contributed by atoms with E-state index < -0.39 is 4.92 Å². The third-order valence-electron chi connectivity index (χ3n) is 2.30. The lowest BCUT2D eigenvalue weighted by molar-refractivity contribution is -0.384. The number of non-ortho nitro benzene ring substituents is 1. The molecule has 104 valence electrons. The largest absolute Gasteiger partial charge is 0.272 e. The Bertz CT molecular complexity index is 670. The van der Waals surface area contributed by atoms with Gasteiger partial charge in [0.1, 0.15) is 0 Å². The standard InChI is InChI=1S/C12H5Cl4NO2S/c13-6-1-2-11(8(14)3-6)20-12-9(15)4-7(17(18)19)5-10(12)16/h1-5H. The van der Waals surface area contributed by atoms with Gasteiger partial charge in [-0.25, -0.2) is 0 Å². The molecule has 0 fully saturated rings. The van der Waals surface area contributed by atoms with Crippen molar-refractivity contribution in [1.82, 2.24) is 0 Å². The molecule has 0 aliphatic rings. The molecule has 0 aliphatic heterocycles. The lowest BCUT2D eigenvalue weighted by atomic mass is 10.3.